The minimum Gasteiger partial charge on any atom is -0.396 e. The van der Waals surface area contributed by atoms with E-state index in [1.165, 1.54) is 0 Å². The van der Waals surface area contributed by atoms with Crippen LogP contribution >= 0.6 is 15.9 Å². The Hall–Kier alpha value is -0.430. The van der Waals surface area contributed by atoms with E-state index in [0.29, 0.717) is 0 Å². The Bertz CT molecular complexity index is 534. The Balaban J connectivity index is 2.41. The van der Waals surface area contributed by atoms with Crippen LogP contribution < -0.4 is 0 Å². The quantitative estimate of drug-likeness (QED) is 0.859. The third kappa shape index (κ3) is 2.11. The van der Waals surface area contributed by atoms with Crippen molar-refractivity contribution in [2.75, 3.05) is 19.5 Å². The molecular weight excluding hydrogens is 320 g/mol. The largest absolute Gasteiger partial charge is 0.396 e. The molecular formula is C12H15BrO4S. The predicted octanol–water partition coefficient (Wildman–Crippen LogP) is 0.930. The maximum absolute atomic E-state index is 11.7. The van der Waals surface area contributed by atoms with E-state index >= 15 is 0 Å². The zero-order chi connectivity index (χ0) is 13.6. The second-order valence-corrected chi connectivity index (χ2v) is 7.91. The summed E-state index contributed by atoms with van der Waals surface area (Å²) in [4.78, 5) is 0. The van der Waals surface area contributed by atoms with E-state index in [4.69, 9.17) is 0 Å². The van der Waals surface area contributed by atoms with Crippen LogP contribution in [0.15, 0.2) is 28.7 Å². The van der Waals surface area contributed by atoms with Crippen LogP contribution in [0.4, 0.5) is 0 Å². The fourth-order valence-corrected chi connectivity index (χ4v) is 4.99. The van der Waals surface area contributed by atoms with Crippen molar-refractivity contribution in [3.8, 4) is 0 Å². The number of aliphatic hydroxyl groups excluding tert-OH is 2. The molecule has 0 unspecified atom stereocenters. The maximum Gasteiger partial charge on any atom is 0.151 e. The number of sulfone groups is 1. The molecule has 0 aliphatic heterocycles. The number of hydrogen-bond donors (Lipinski definition) is 2. The van der Waals surface area contributed by atoms with Crippen molar-refractivity contribution >= 4 is 25.8 Å². The molecule has 0 amide bonds. The van der Waals surface area contributed by atoms with Crippen molar-refractivity contribution in [3.63, 3.8) is 0 Å². The molecule has 0 saturated heterocycles. The summed E-state index contributed by atoms with van der Waals surface area (Å²) in [5.74, 6) is -0.337. The molecule has 18 heavy (non-hydrogen) atoms. The molecule has 1 saturated carbocycles. The molecule has 0 bridgehead atoms. The van der Waals surface area contributed by atoms with E-state index in [2.05, 4.69) is 15.9 Å². The number of rotatable bonds is 4. The number of benzene rings is 1. The summed E-state index contributed by atoms with van der Waals surface area (Å²) in [6, 6.07) is 7.29. The molecule has 0 spiro atoms. The van der Waals surface area contributed by atoms with E-state index in [-0.39, 0.29) is 19.1 Å². The van der Waals surface area contributed by atoms with Gasteiger partial charge in [-0.25, -0.2) is 8.42 Å². The van der Waals surface area contributed by atoms with Crippen LogP contribution in [0.5, 0.6) is 0 Å². The zero-order valence-corrected chi connectivity index (χ0v) is 12.3. The van der Waals surface area contributed by atoms with Gasteiger partial charge in [-0.15, -0.1) is 0 Å². The number of halogens is 1. The first kappa shape index (κ1) is 14.0. The third-order valence-corrected chi connectivity index (χ3v) is 5.85. The summed E-state index contributed by atoms with van der Waals surface area (Å²) >= 11 is 3.32. The highest BCUT2D eigenvalue weighted by molar-refractivity contribution is 9.10. The van der Waals surface area contributed by atoms with Gasteiger partial charge in [0.25, 0.3) is 0 Å². The second-order valence-electron chi connectivity index (χ2n) is 4.83. The van der Waals surface area contributed by atoms with Crippen LogP contribution in [0.2, 0.25) is 0 Å². The van der Waals surface area contributed by atoms with Crippen LogP contribution in [-0.2, 0) is 9.84 Å². The molecule has 4 nitrogen and oxygen atoms in total. The Morgan fingerprint density at radius 1 is 1.22 bits per heavy atom. The smallest absolute Gasteiger partial charge is 0.151 e. The van der Waals surface area contributed by atoms with Crippen LogP contribution in [-0.4, -0.2) is 43.4 Å². The Labute approximate surface area is 115 Å². The molecule has 2 rings (SSSR count). The first-order valence-corrected chi connectivity index (χ1v) is 8.27. The van der Waals surface area contributed by atoms with Gasteiger partial charge < -0.3 is 10.2 Å². The SMILES string of the molecule is CS(=O)(=O)[C@@H]1[C@H](c2ccc(Br)cc2)C1(CO)CO. The molecule has 1 aliphatic rings. The van der Waals surface area contributed by atoms with Gasteiger partial charge in [-0.2, -0.15) is 0 Å². The second kappa shape index (κ2) is 4.59. The molecule has 1 aromatic carbocycles. The third-order valence-electron chi connectivity index (χ3n) is 3.66. The van der Waals surface area contributed by atoms with E-state index < -0.39 is 20.5 Å². The maximum atomic E-state index is 11.7. The molecule has 1 aliphatic carbocycles. The average Bonchev–Trinajstić information content (AvgIpc) is 3.00. The molecule has 0 heterocycles. The van der Waals surface area contributed by atoms with E-state index in [0.717, 1.165) is 16.3 Å². The molecule has 0 radical (unpaired) electrons. The van der Waals surface area contributed by atoms with Gasteiger partial charge in [0.1, 0.15) is 0 Å². The normalized spacial score (nSPS) is 26.0. The predicted molar refractivity (Wildman–Crippen MR) is 72.1 cm³/mol. The van der Waals surface area contributed by atoms with E-state index in [1.54, 1.807) is 0 Å². The Kier molecular flexibility index (Phi) is 3.57. The van der Waals surface area contributed by atoms with E-state index in [1.807, 2.05) is 24.3 Å². The molecule has 0 aromatic heterocycles. The lowest BCUT2D eigenvalue weighted by Gasteiger charge is -2.10. The van der Waals surface area contributed by atoms with Gasteiger partial charge in [-0.05, 0) is 17.7 Å². The summed E-state index contributed by atoms with van der Waals surface area (Å²) in [5.41, 5.74) is -0.113. The molecule has 1 aromatic rings. The van der Waals surface area contributed by atoms with Crippen molar-refractivity contribution in [2.24, 2.45) is 5.41 Å². The van der Waals surface area contributed by atoms with Crippen molar-refractivity contribution < 1.29 is 18.6 Å². The van der Waals surface area contributed by atoms with Crippen LogP contribution in [0, 0.1) is 5.41 Å². The average molecular weight is 335 g/mol. The van der Waals surface area contributed by atoms with E-state index in [9.17, 15) is 18.6 Å². The molecule has 6 heteroatoms. The highest BCUT2D eigenvalue weighted by Gasteiger charge is 2.69. The lowest BCUT2D eigenvalue weighted by molar-refractivity contribution is 0.130. The lowest BCUT2D eigenvalue weighted by atomic mass is 10.0. The van der Waals surface area contributed by atoms with Gasteiger partial charge in [-0.3, -0.25) is 0 Å². The standard InChI is InChI=1S/C12H15BrO4S/c1-18(16,17)11-10(12(11,6-14)7-15)8-2-4-9(13)5-3-8/h2-5,10-11,14-15H,6-7H2,1H3/t10-,11+/m0/s1. The summed E-state index contributed by atoms with van der Waals surface area (Å²) < 4.78 is 24.4. The van der Waals surface area contributed by atoms with Gasteiger partial charge in [0, 0.05) is 22.1 Å². The summed E-state index contributed by atoms with van der Waals surface area (Å²) in [5, 5.41) is 18.2. The summed E-state index contributed by atoms with van der Waals surface area (Å²) in [6.45, 7) is -0.663. The zero-order valence-electron chi connectivity index (χ0n) is 9.88. The first-order valence-electron chi connectivity index (χ1n) is 5.53. The molecule has 2 N–H and O–H groups in total. The summed E-state index contributed by atoms with van der Waals surface area (Å²) in [7, 11) is -3.30. The molecule has 1 fully saturated rings. The monoisotopic (exact) mass is 334 g/mol. The minimum atomic E-state index is -3.30. The Morgan fingerprint density at radius 3 is 2.06 bits per heavy atom. The highest BCUT2D eigenvalue weighted by atomic mass is 79.9. The van der Waals surface area contributed by atoms with Gasteiger partial charge in [0.05, 0.1) is 18.5 Å². The molecule has 100 valence electrons. The van der Waals surface area contributed by atoms with Gasteiger partial charge in [0.2, 0.25) is 0 Å². The summed E-state index contributed by atoms with van der Waals surface area (Å²) in [6.07, 6.45) is 1.15. The number of hydrogen-bond acceptors (Lipinski definition) is 4. The topological polar surface area (TPSA) is 74.6 Å². The van der Waals surface area contributed by atoms with Crippen molar-refractivity contribution in [3.05, 3.63) is 34.3 Å². The van der Waals surface area contributed by atoms with Crippen LogP contribution in [0.1, 0.15) is 11.5 Å². The molecule has 2 atom stereocenters. The number of aliphatic hydroxyl groups is 2. The minimum absolute atomic E-state index is 0.331. The van der Waals surface area contributed by atoms with Crippen molar-refractivity contribution in [1.29, 1.82) is 0 Å². The lowest BCUT2D eigenvalue weighted by Crippen LogP contribution is -2.22. The van der Waals surface area contributed by atoms with Gasteiger partial charge >= 0.3 is 0 Å². The fraction of sp³-hybridized carbons (Fsp3) is 0.500. The van der Waals surface area contributed by atoms with Gasteiger partial charge in [-0.1, -0.05) is 28.1 Å². The van der Waals surface area contributed by atoms with Crippen molar-refractivity contribution in [1.82, 2.24) is 0 Å². The Morgan fingerprint density at radius 2 is 1.72 bits per heavy atom. The van der Waals surface area contributed by atoms with Crippen LogP contribution in [0.25, 0.3) is 0 Å². The van der Waals surface area contributed by atoms with Gasteiger partial charge in [0.15, 0.2) is 9.84 Å². The van der Waals surface area contributed by atoms with Crippen LogP contribution in [0.3, 0.4) is 0 Å². The van der Waals surface area contributed by atoms with Crippen molar-refractivity contribution in [2.45, 2.75) is 11.2 Å². The first-order chi connectivity index (χ1) is 8.36. The highest BCUT2D eigenvalue weighted by Crippen LogP contribution is 2.62. The fourth-order valence-electron chi connectivity index (χ4n) is 2.73.